The maximum atomic E-state index is 5.95. The molecule has 18 heavy (non-hydrogen) atoms. The summed E-state index contributed by atoms with van der Waals surface area (Å²) >= 11 is 5.95. The number of hydrogen-bond donors (Lipinski definition) is 2. The van der Waals surface area contributed by atoms with Crippen LogP contribution in [0.15, 0.2) is 24.5 Å². The molecule has 0 amide bonds. The summed E-state index contributed by atoms with van der Waals surface area (Å²) in [6.45, 7) is 0. The number of imidazole rings is 1. The van der Waals surface area contributed by atoms with Gasteiger partial charge in [0.1, 0.15) is 11.3 Å². The molecule has 0 unspecified atom stereocenters. The highest BCUT2D eigenvalue weighted by Crippen LogP contribution is 2.20. The molecule has 0 aliphatic rings. The van der Waals surface area contributed by atoms with Gasteiger partial charge in [0.05, 0.1) is 11.2 Å². The molecule has 0 saturated carbocycles. The number of fused-ring (bicyclic) bond motifs is 1. The van der Waals surface area contributed by atoms with Gasteiger partial charge >= 0.3 is 0 Å². The summed E-state index contributed by atoms with van der Waals surface area (Å²) in [6.07, 6.45) is 3.34. The molecular weight excluding hydrogens is 254 g/mol. The first-order chi connectivity index (χ1) is 8.63. The Balaban J connectivity index is 2.27. The summed E-state index contributed by atoms with van der Waals surface area (Å²) in [5.74, 6) is 0.485. The third kappa shape index (κ3) is 1.70. The Morgan fingerprint density at radius 1 is 1.06 bits per heavy atom. The average molecular weight is 262 g/mol. The topological polar surface area (TPSA) is 108 Å². The molecule has 3 rings (SSSR count). The minimum absolute atomic E-state index is 0.0643. The van der Waals surface area contributed by atoms with E-state index in [2.05, 4.69) is 19.9 Å². The number of nitrogen functional groups attached to an aromatic ring is 2. The number of nitrogens with zero attached hydrogens (tertiary/aromatic N) is 5. The van der Waals surface area contributed by atoms with Crippen LogP contribution in [0.2, 0.25) is 5.02 Å². The Bertz CT molecular complexity index is 716. The molecular formula is C10H8ClN7. The largest absolute Gasteiger partial charge is 0.368 e. The van der Waals surface area contributed by atoms with Crippen LogP contribution < -0.4 is 11.5 Å². The van der Waals surface area contributed by atoms with E-state index in [1.54, 1.807) is 28.9 Å². The molecule has 3 aromatic rings. The number of halogens is 1. The minimum Gasteiger partial charge on any atom is -0.368 e. The summed E-state index contributed by atoms with van der Waals surface area (Å²) in [7, 11) is 0. The Labute approximate surface area is 106 Å². The van der Waals surface area contributed by atoms with Crippen LogP contribution >= 0.6 is 11.6 Å². The number of rotatable bonds is 1. The molecule has 4 N–H and O–H groups in total. The molecule has 8 heteroatoms. The zero-order chi connectivity index (χ0) is 12.7. The van der Waals surface area contributed by atoms with Crippen molar-refractivity contribution in [1.82, 2.24) is 24.3 Å². The summed E-state index contributed by atoms with van der Waals surface area (Å²) in [4.78, 5) is 16.0. The van der Waals surface area contributed by atoms with E-state index in [4.69, 9.17) is 23.1 Å². The highest BCUT2D eigenvalue weighted by Gasteiger charge is 2.11. The van der Waals surface area contributed by atoms with Gasteiger partial charge in [-0.25, -0.2) is 4.98 Å². The second-order valence-corrected chi connectivity index (χ2v) is 4.03. The molecule has 3 heterocycles. The Hall–Kier alpha value is -2.41. The maximum Gasteiger partial charge on any atom is 0.225 e. The smallest absolute Gasteiger partial charge is 0.225 e. The fraction of sp³-hybridized carbons (Fsp3) is 0. The fourth-order valence-corrected chi connectivity index (χ4v) is 1.80. The first-order valence-electron chi connectivity index (χ1n) is 5.03. The number of anilines is 2. The Kier molecular flexibility index (Phi) is 2.27. The summed E-state index contributed by atoms with van der Waals surface area (Å²) in [5, 5.41) is 0.580. The summed E-state index contributed by atoms with van der Waals surface area (Å²) < 4.78 is 1.76. The van der Waals surface area contributed by atoms with E-state index in [1.165, 1.54) is 0 Å². The van der Waals surface area contributed by atoms with Crippen LogP contribution in [0, 0.1) is 0 Å². The maximum absolute atomic E-state index is 5.95. The standard InChI is InChI=1S/C10H8ClN7/c11-5-1-2-7-14-3-6(18(7)4-5)8-15-9(12)17-10(13)16-8/h1-4H,(H4,12,13,15,16,17). The van der Waals surface area contributed by atoms with Crippen molar-refractivity contribution in [2.24, 2.45) is 0 Å². The summed E-state index contributed by atoms with van der Waals surface area (Å²) in [5.41, 5.74) is 12.5. The molecule has 0 spiro atoms. The van der Waals surface area contributed by atoms with Crippen molar-refractivity contribution in [3.05, 3.63) is 29.5 Å². The van der Waals surface area contributed by atoms with Gasteiger partial charge in [-0.05, 0) is 12.1 Å². The van der Waals surface area contributed by atoms with Gasteiger partial charge in [-0.2, -0.15) is 15.0 Å². The van der Waals surface area contributed by atoms with Gasteiger partial charge in [-0.1, -0.05) is 11.6 Å². The summed E-state index contributed by atoms with van der Waals surface area (Å²) in [6, 6.07) is 3.55. The van der Waals surface area contributed by atoms with E-state index in [-0.39, 0.29) is 11.9 Å². The number of nitrogens with two attached hydrogens (primary N) is 2. The van der Waals surface area contributed by atoms with Gasteiger partial charge in [-0.15, -0.1) is 0 Å². The predicted octanol–water partition coefficient (Wildman–Crippen LogP) is 1.00. The minimum atomic E-state index is 0.0643. The number of aromatic nitrogens is 5. The molecule has 0 fully saturated rings. The van der Waals surface area contributed by atoms with Crippen molar-refractivity contribution in [1.29, 1.82) is 0 Å². The van der Waals surface area contributed by atoms with Gasteiger partial charge in [-0.3, -0.25) is 4.40 Å². The van der Waals surface area contributed by atoms with E-state index in [1.807, 2.05) is 0 Å². The molecule has 0 atom stereocenters. The van der Waals surface area contributed by atoms with E-state index >= 15 is 0 Å². The zero-order valence-corrected chi connectivity index (χ0v) is 9.83. The molecule has 0 bridgehead atoms. The van der Waals surface area contributed by atoms with Gasteiger partial charge in [0, 0.05) is 6.20 Å². The lowest BCUT2D eigenvalue weighted by molar-refractivity contribution is 1.06. The van der Waals surface area contributed by atoms with Gasteiger partial charge in [0.25, 0.3) is 0 Å². The first kappa shape index (κ1) is 10.7. The Morgan fingerprint density at radius 3 is 2.50 bits per heavy atom. The third-order valence-corrected chi connectivity index (χ3v) is 2.59. The highest BCUT2D eigenvalue weighted by atomic mass is 35.5. The monoisotopic (exact) mass is 261 g/mol. The van der Waals surface area contributed by atoms with Crippen molar-refractivity contribution in [2.45, 2.75) is 0 Å². The van der Waals surface area contributed by atoms with Crippen LogP contribution in [0.3, 0.4) is 0 Å². The highest BCUT2D eigenvalue weighted by molar-refractivity contribution is 6.30. The van der Waals surface area contributed by atoms with Gasteiger partial charge in [0.15, 0.2) is 5.82 Å². The molecule has 7 nitrogen and oxygen atoms in total. The molecule has 3 aromatic heterocycles. The van der Waals surface area contributed by atoms with Crippen LogP contribution in [0.1, 0.15) is 0 Å². The quantitative estimate of drug-likeness (QED) is 0.677. The predicted molar refractivity (Wildman–Crippen MR) is 67.8 cm³/mol. The molecule has 0 radical (unpaired) electrons. The van der Waals surface area contributed by atoms with E-state index in [9.17, 15) is 0 Å². The lowest BCUT2D eigenvalue weighted by atomic mass is 10.4. The van der Waals surface area contributed by atoms with E-state index < -0.39 is 0 Å². The first-order valence-corrected chi connectivity index (χ1v) is 5.41. The lowest BCUT2D eigenvalue weighted by Crippen LogP contribution is -2.05. The molecule has 0 aliphatic carbocycles. The number of hydrogen-bond acceptors (Lipinski definition) is 6. The van der Waals surface area contributed by atoms with E-state index in [0.29, 0.717) is 16.5 Å². The fourth-order valence-electron chi connectivity index (χ4n) is 1.64. The van der Waals surface area contributed by atoms with Crippen LogP contribution in [0.4, 0.5) is 11.9 Å². The van der Waals surface area contributed by atoms with Gasteiger partial charge in [0.2, 0.25) is 11.9 Å². The van der Waals surface area contributed by atoms with Crippen LogP contribution in [-0.2, 0) is 0 Å². The van der Waals surface area contributed by atoms with Crippen molar-refractivity contribution >= 4 is 29.1 Å². The molecule has 90 valence electrons. The van der Waals surface area contributed by atoms with Crippen molar-refractivity contribution in [2.75, 3.05) is 11.5 Å². The number of pyridine rings is 1. The second kappa shape index (κ2) is 3.81. The normalized spacial score (nSPS) is 10.9. The van der Waals surface area contributed by atoms with Gasteiger partial charge < -0.3 is 11.5 Å². The van der Waals surface area contributed by atoms with Crippen LogP contribution in [0.5, 0.6) is 0 Å². The zero-order valence-electron chi connectivity index (χ0n) is 9.08. The molecule has 0 saturated heterocycles. The average Bonchev–Trinajstić information content (AvgIpc) is 2.70. The molecule has 0 aromatic carbocycles. The van der Waals surface area contributed by atoms with Crippen molar-refractivity contribution in [3.63, 3.8) is 0 Å². The van der Waals surface area contributed by atoms with Crippen LogP contribution in [-0.4, -0.2) is 24.3 Å². The Morgan fingerprint density at radius 2 is 1.78 bits per heavy atom. The van der Waals surface area contributed by atoms with Crippen molar-refractivity contribution in [3.8, 4) is 11.5 Å². The van der Waals surface area contributed by atoms with Crippen LogP contribution in [0.25, 0.3) is 17.2 Å². The SMILES string of the molecule is Nc1nc(N)nc(-c2cnc3ccc(Cl)cn23)n1. The van der Waals surface area contributed by atoms with E-state index in [0.717, 1.165) is 5.65 Å². The van der Waals surface area contributed by atoms with Crippen molar-refractivity contribution < 1.29 is 0 Å². The lowest BCUT2D eigenvalue weighted by Gasteiger charge is -2.02. The second-order valence-electron chi connectivity index (χ2n) is 3.59. The third-order valence-electron chi connectivity index (χ3n) is 2.37. The molecule has 0 aliphatic heterocycles.